The molecule has 0 spiro atoms. The Morgan fingerprint density at radius 3 is 2.52 bits per heavy atom. The Balaban J connectivity index is 1.46. The maximum absolute atomic E-state index is 12.3. The van der Waals surface area contributed by atoms with E-state index in [9.17, 15) is 9.59 Å². The third kappa shape index (κ3) is 5.34. The van der Waals surface area contributed by atoms with Gasteiger partial charge in [-0.05, 0) is 29.7 Å². The maximum Gasteiger partial charge on any atom is 0.306 e. The van der Waals surface area contributed by atoms with Crippen LogP contribution >= 0.6 is 0 Å². The summed E-state index contributed by atoms with van der Waals surface area (Å²) in [7, 11) is 3.13. The van der Waals surface area contributed by atoms with Crippen molar-refractivity contribution < 1.29 is 23.8 Å². The number of esters is 1. The van der Waals surface area contributed by atoms with Crippen LogP contribution in [0, 0.1) is 0 Å². The van der Waals surface area contributed by atoms with Crippen molar-refractivity contribution in [2.45, 2.75) is 19.3 Å². The Morgan fingerprint density at radius 1 is 1.03 bits per heavy atom. The van der Waals surface area contributed by atoms with Crippen molar-refractivity contribution in [1.29, 1.82) is 0 Å². The largest absolute Gasteiger partial charge is 0.493 e. The first-order valence-electron chi connectivity index (χ1n) is 9.40. The molecule has 0 aromatic heterocycles. The molecule has 0 atom stereocenters. The van der Waals surface area contributed by atoms with E-state index in [1.807, 2.05) is 42.5 Å². The standard InChI is InChI=1S/C22H24N2O5/c1-27-19-10-8-16(14-20(19)28-2)9-11-22(26)29-15-21(25)24-13-12-18(23-24)17-6-4-3-5-7-17/h3-8,10,14H,9,11-13,15H2,1-2H3. The molecular weight excluding hydrogens is 372 g/mol. The topological polar surface area (TPSA) is 77.4 Å². The summed E-state index contributed by atoms with van der Waals surface area (Å²) in [5, 5.41) is 5.71. The van der Waals surface area contributed by atoms with Crippen molar-refractivity contribution >= 4 is 17.6 Å². The summed E-state index contributed by atoms with van der Waals surface area (Å²) in [6.45, 7) is 0.183. The maximum atomic E-state index is 12.3. The molecule has 0 saturated heterocycles. The number of carbonyl (C=O) groups excluding carboxylic acids is 2. The average Bonchev–Trinajstić information content (AvgIpc) is 3.27. The van der Waals surface area contributed by atoms with Gasteiger partial charge in [-0.1, -0.05) is 36.4 Å². The molecule has 0 radical (unpaired) electrons. The summed E-state index contributed by atoms with van der Waals surface area (Å²) >= 11 is 0. The predicted octanol–water partition coefficient (Wildman–Crippen LogP) is 2.82. The first-order valence-corrected chi connectivity index (χ1v) is 9.40. The van der Waals surface area contributed by atoms with E-state index in [2.05, 4.69) is 5.10 Å². The lowest BCUT2D eigenvalue weighted by Crippen LogP contribution is -2.28. The van der Waals surface area contributed by atoms with Crippen LogP contribution in [0.3, 0.4) is 0 Å². The molecule has 1 aliphatic heterocycles. The van der Waals surface area contributed by atoms with Gasteiger partial charge in [0.05, 0.1) is 26.5 Å². The lowest BCUT2D eigenvalue weighted by Gasteiger charge is -2.12. The van der Waals surface area contributed by atoms with E-state index in [1.54, 1.807) is 20.3 Å². The van der Waals surface area contributed by atoms with E-state index in [1.165, 1.54) is 5.01 Å². The lowest BCUT2D eigenvalue weighted by atomic mass is 10.1. The van der Waals surface area contributed by atoms with Crippen LogP contribution in [-0.2, 0) is 20.7 Å². The van der Waals surface area contributed by atoms with E-state index in [0.29, 0.717) is 30.9 Å². The second-order valence-corrected chi connectivity index (χ2v) is 6.53. The van der Waals surface area contributed by atoms with Gasteiger partial charge in [-0.15, -0.1) is 0 Å². The average molecular weight is 396 g/mol. The number of nitrogens with zero attached hydrogens (tertiary/aromatic N) is 2. The van der Waals surface area contributed by atoms with E-state index in [-0.39, 0.29) is 18.9 Å². The van der Waals surface area contributed by atoms with E-state index in [4.69, 9.17) is 14.2 Å². The monoisotopic (exact) mass is 396 g/mol. The molecule has 0 aliphatic carbocycles. The van der Waals surface area contributed by atoms with Crippen LogP contribution < -0.4 is 9.47 Å². The zero-order valence-electron chi connectivity index (χ0n) is 16.6. The number of methoxy groups -OCH3 is 2. The first-order chi connectivity index (χ1) is 14.1. The van der Waals surface area contributed by atoms with Crippen LogP contribution in [-0.4, -0.2) is 50.0 Å². The van der Waals surface area contributed by atoms with Crippen LogP contribution in [0.15, 0.2) is 53.6 Å². The SMILES string of the molecule is COc1ccc(CCC(=O)OCC(=O)N2CCC(c3ccccc3)=N2)cc1OC. The third-order valence-corrected chi connectivity index (χ3v) is 4.62. The fourth-order valence-electron chi connectivity index (χ4n) is 3.04. The van der Waals surface area contributed by atoms with Crippen molar-refractivity contribution in [2.75, 3.05) is 27.4 Å². The van der Waals surface area contributed by atoms with Crippen molar-refractivity contribution in [1.82, 2.24) is 5.01 Å². The highest BCUT2D eigenvalue weighted by Gasteiger charge is 2.22. The zero-order chi connectivity index (χ0) is 20.6. The predicted molar refractivity (Wildman–Crippen MR) is 108 cm³/mol. The number of hydrazone groups is 1. The van der Waals surface area contributed by atoms with Crippen molar-refractivity contribution in [3.63, 3.8) is 0 Å². The zero-order valence-corrected chi connectivity index (χ0v) is 16.6. The van der Waals surface area contributed by atoms with Crippen molar-refractivity contribution in [2.24, 2.45) is 5.10 Å². The number of rotatable bonds is 8. The summed E-state index contributed by atoms with van der Waals surface area (Å²) in [5.41, 5.74) is 2.77. The van der Waals surface area contributed by atoms with Gasteiger partial charge in [-0.2, -0.15) is 5.10 Å². The molecule has 7 nitrogen and oxygen atoms in total. The number of carbonyl (C=O) groups is 2. The van der Waals surface area contributed by atoms with Crippen LogP contribution in [0.5, 0.6) is 11.5 Å². The highest BCUT2D eigenvalue weighted by atomic mass is 16.5. The van der Waals surface area contributed by atoms with E-state index < -0.39 is 5.97 Å². The molecule has 1 aliphatic rings. The van der Waals surface area contributed by atoms with Gasteiger partial charge >= 0.3 is 5.97 Å². The van der Waals surface area contributed by atoms with Gasteiger partial charge in [0.15, 0.2) is 18.1 Å². The van der Waals surface area contributed by atoms with Gasteiger partial charge < -0.3 is 14.2 Å². The molecule has 0 N–H and O–H groups in total. The van der Waals surface area contributed by atoms with Crippen molar-refractivity contribution in [3.05, 3.63) is 59.7 Å². The Hall–Kier alpha value is -3.35. The normalized spacial score (nSPS) is 13.0. The molecular formula is C22H24N2O5. The number of ether oxygens (including phenoxy) is 3. The fourth-order valence-corrected chi connectivity index (χ4v) is 3.04. The van der Waals surface area contributed by atoms with E-state index in [0.717, 1.165) is 16.8 Å². The molecule has 152 valence electrons. The quantitative estimate of drug-likeness (QED) is 0.641. The Labute approximate surface area is 169 Å². The second-order valence-electron chi connectivity index (χ2n) is 6.53. The lowest BCUT2D eigenvalue weighted by molar-refractivity contribution is -0.151. The summed E-state index contributed by atoms with van der Waals surface area (Å²) in [5.74, 6) is 0.482. The Bertz CT molecular complexity index is 895. The Morgan fingerprint density at radius 2 is 1.79 bits per heavy atom. The molecule has 0 unspecified atom stereocenters. The van der Waals surface area contributed by atoms with E-state index >= 15 is 0 Å². The molecule has 1 amide bonds. The minimum Gasteiger partial charge on any atom is -0.493 e. The summed E-state index contributed by atoms with van der Waals surface area (Å²) < 4.78 is 15.6. The van der Waals surface area contributed by atoms with Gasteiger partial charge in [-0.25, -0.2) is 5.01 Å². The van der Waals surface area contributed by atoms with Crippen LogP contribution in [0.4, 0.5) is 0 Å². The molecule has 0 saturated carbocycles. The highest BCUT2D eigenvalue weighted by Crippen LogP contribution is 2.28. The number of hydrogen-bond acceptors (Lipinski definition) is 6. The van der Waals surface area contributed by atoms with Gasteiger partial charge in [0, 0.05) is 12.8 Å². The molecule has 2 aromatic rings. The molecule has 7 heteroatoms. The Kier molecular flexibility index (Phi) is 6.84. The van der Waals surface area contributed by atoms with Gasteiger partial charge in [-0.3, -0.25) is 9.59 Å². The van der Waals surface area contributed by atoms with Gasteiger partial charge in [0.25, 0.3) is 5.91 Å². The molecule has 3 rings (SSSR count). The summed E-state index contributed by atoms with van der Waals surface area (Å²) in [6, 6.07) is 15.2. The number of benzene rings is 2. The first kappa shape index (κ1) is 20.4. The minimum atomic E-state index is -0.431. The molecule has 1 heterocycles. The second kappa shape index (κ2) is 9.73. The van der Waals surface area contributed by atoms with Crippen LogP contribution in [0.2, 0.25) is 0 Å². The minimum absolute atomic E-state index is 0.168. The molecule has 29 heavy (non-hydrogen) atoms. The number of amides is 1. The number of aryl methyl sites for hydroxylation is 1. The van der Waals surface area contributed by atoms with Crippen LogP contribution in [0.1, 0.15) is 24.0 Å². The summed E-state index contributed by atoms with van der Waals surface area (Å²) in [6.07, 6.45) is 1.33. The summed E-state index contributed by atoms with van der Waals surface area (Å²) in [4.78, 5) is 24.3. The van der Waals surface area contributed by atoms with Gasteiger partial charge in [0.2, 0.25) is 0 Å². The molecule has 0 bridgehead atoms. The fraction of sp³-hybridized carbons (Fsp3) is 0.318. The van der Waals surface area contributed by atoms with Gasteiger partial charge in [0.1, 0.15) is 0 Å². The van der Waals surface area contributed by atoms with Crippen molar-refractivity contribution in [3.8, 4) is 11.5 Å². The molecule has 2 aromatic carbocycles. The third-order valence-electron chi connectivity index (χ3n) is 4.62. The highest BCUT2D eigenvalue weighted by molar-refractivity contribution is 6.02. The number of hydrogen-bond donors (Lipinski definition) is 0. The van der Waals surface area contributed by atoms with Crippen LogP contribution in [0.25, 0.3) is 0 Å². The molecule has 0 fully saturated rings. The smallest absolute Gasteiger partial charge is 0.306 e.